The summed E-state index contributed by atoms with van der Waals surface area (Å²) in [5.74, 6) is 0.864. The Bertz CT molecular complexity index is 553. The Labute approximate surface area is 123 Å². The average Bonchev–Trinajstić information content (AvgIpc) is 2.82. The Morgan fingerprint density at radius 2 is 2.16 bits per heavy atom. The lowest BCUT2D eigenvalue weighted by molar-refractivity contribution is 0.404. The predicted octanol–water partition coefficient (Wildman–Crippen LogP) is 4.42. The van der Waals surface area contributed by atoms with E-state index >= 15 is 0 Å². The molecule has 0 spiro atoms. The van der Waals surface area contributed by atoms with Crippen molar-refractivity contribution in [2.24, 2.45) is 0 Å². The number of hydrogen-bond donors (Lipinski definition) is 1. The van der Waals surface area contributed by atoms with Crippen LogP contribution < -0.4 is 10.1 Å². The van der Waals surface area contributed by atoms with Gasteiger partial charge in [0, 0.05) is 15.5 Å². The van der Waals surface area contributed by atoms with Gasteiger partial charge in [0.1, 0.15) is 5.75 Å². The molecule has 0 bridgehead atoms. The Balaban J connectivity index is 2.50. The van der Waals surface area contributed by atoms with E-state index in [4.69, 9.17) is 16.3 Å². The molecule has 0 radical (unpaired) electrons. The lowest BCUT2D eigenvalue weighted by Crippen LogP contribution is -2.22. The Hall–Kier alpha value is -1.03. The van der Waals surface area contributed by atoms with Crippen LogP contribution in [0.5, 0.6) is 5.75 Å². The van der Waals surface area contributed by atoms with Gasteiger partial charge in [-0.2, -0.15) is 0 Å². The van der Waals surface area contributed by atoms with Crippen LogP contribution in [-0.2, 0) is 0 Å². The zero-order valence-electron chi connectivity index (χ0n) is 11.4. The molecular formula is C15H18ClNOS. The summed E-state index contributed by atoms with van der Waals surface area (Å²) in [6.07, 6.45) is 0. The van der Waals surface area contributed by atoms with Crippen LogP contribution >= 0.6 is 22.9 Å². The summed E-state index contributed by atoms with van der Waals surface area (Å²) in [7, 11) is 1.69. The summed E-state index contributed by atoms with van der Waals surface area (Å²) >= 11 is 7.90. The van der Waals surface area contributed by atoms with Crippen molar-refractivity contribution in [2.45, 2.75) is 19.9 Å². The molecule has 0 saturated carbocycles. The summed E-state index contributed by atoms with van der Waals surface area (Å²) in [5.41, 5.74) is 2.38. The molecule has 1 aromatic heterocycles. The molecular weight excluding hydrogens is 278 g/mol. The summed E-state index contributed by atoms with van der Waals surface area (Å²) in [5, 5.41) is 6.36. The number of thiophene rings is 1. The molecule has 0 aliphatic carbocycles. The lowest BCUT2D eigenvalue weighted by Gasteiger charge is -2.21. The first-order chi connectivity index (χ1) is 9.17. The monoisotopic (exact) mass is 295 g/mol. The summed E-state index contributed by atoms with van der Waals surface area (Å²) in [4.78, 5) is 1.31. The number of benzene rings is 1. The summed E-state index contributed by atoms with van der Waals surface area (Å²) in [6, 6.07) is 8.02. The molecule has 0 saturated heterocycles. The first-order valence-corrected chi connectivity index (χ1v) is 7.54. The van der Waals surface area contributed by atoms with Gasteiger partial charge in [0.25, 0.3) is 0 Å². The molecule has 1 aromatic carbocycles. The molecule has 1 unspecified atom stereocenters. The zero-order chi connectivity index (χ0) is 13.8. The maximum atomic E-state index is 6.14. The second-order valence-electron chi connectivity index (χ2n) is 4.34. The predicted molar refractivity (Wildman–Crippen MR) is 82.6 cm³/mol. The van der Waals surface area contributed by atoms with Gasteiger partial charge in [-0.15, -0.1) is 11.3 Å². The summed E-state index contributed by atoms with van der Waals surface area (Å²) in [6.45, 7) is 5.12. The third-order valence-corrected chi connectivity index (χ3v) is 4.39. The van der Waals surface area contributed by atoms with Gasteiger partial charge in [-0.05, 0) is 48.7 Å². The van der Waals surface area contributed by atoms with E-state index < -0.39 is 0 Å². The van der Waals surface area contributed by atoms with Gasteiger partial charge in [0.05, 0.1) is 13.2 Å². The van der Waals surface area contributed by atoms with Crippen LogP contribution in [0, 0.1) is 6.92 Å². The van der Waals surface area contributed by atoms with Crippen molar-refractivity contribution in [3.63, 3.8) is 0 Å². The average molecular weight is 296 g/mol. The maximum absolute atomic E-state index is 6.14. The fourth-order valence-electron chi connectivity index (χ4n) is 2.16. The molecule has 2 nitrogen and oxygen atoms in total. The van der Waals surface area contributed by atoms with E-state index in [2.05, 4.69) is 30.6 Å². The van der Waals surface area contributed by atoms with E-state index in [9.17, 15) is 0 Å². The molecule has 4 heteroatoms. The standard InChI is InChI=1S/C15H18ClNOS/c1-4-17-14(15-10(2)7-8-19-15)12-9-11(16)5-6-13(12)18-3/h5-9,14,17H,4H2,1-3H3. The smallest absolute Gasteiger partial charge is 0.124 e. The molecule has 2 rings (SSSR count). The third-order valence-electron chi connectivity index (χ3n) is 3.07. The quantitative estimate of drug-likeness (QED) is 0.882. The second-order valence-corrected chi connectivity index (χ2v) is 5.73. The van der Waals surface area contributed by atoms with Gasteiger partial charge in [0.15, 0.2) is 0 Å². The molecule has 0 aliphatic heterocycles. The first-order valence-electron chi connectivity index (χ1n) is 6.28. The second kappa shape index (κ2) is 6.42. The number of hydrogen-bond acceptors (Lipinski definition) is 3. The number of methoxy groups -OCH3 is 1. The van der Waals surface area contributed by atoms with E-state index in [1.54, 1.807) is 18.4 Å². The van der Waals surface area contributed by atoms with Crippen molar-refractivity contribution in [3.05, 3.63) is 50.7 Å². The maximum Gasteiger partial charge on any atom is 0.124 e. The van der Waals surface area contributed by atoms with Gasteiger partial charge >= 0.3 is 0 Å². The lowest BCUT2D eigenvalue weighted by atomic mass is 10.0. The Morgan fingerprint density at radius 1 is 1.37 bits per heavy atom. The molecule has 1 N–H and O–H groups in total. The molecule has 2 aromatic rings. The van der Waals surface area contributed by atoms with Crippen molar-refractivity contribution >= 4 is 22.9 Å². The third kappa shape index (κ3) is 3.11. The van der Waals surface area contributed by atoms with Gasteiger partial charge in [-0.3, -0.25) is 0 Å². The normalized spacial score (nSPS) is 12.4. The Morgan fingerprint density at radius 3 is 2.74 bits per heavy atom. The number of ether oxygens (including phenoxy) is 1. The molecule has 0 fully saturated rings. The topological polar surface area (TPSA) is 21.3 Å². The molecule has 0 amide bonds. The zero-order valence-corrected chi connectivity index (χ0v) is 12.9. The van der Waals surface area contributed by atoms with Crippen LogP contribution in [0.3, 0.4) is 0 Å². The fraction of sp³-hybridized carbons (Fsp3) is 0.333. The number of nitrogens with one attached hydrogen (secondary N) is 1. The van der Waals surface area contributed by atoms with Crippen molar-refractivity contribution < 1.29 is 4.74 Å². The van der Waals surface area contributed by atoms with E-state index in [-0.39, 0.29) is 6.04 Å². The van der Waals surface area contributed by atoms with E-state index in [1.807, 2.05) is 18.2 Å². The highest BCUT2D eigenvalue weighted by Crippen LogP contribution is 2.35. The number of aryl methyl sites for hydroxylation is 1. The van der Waals surface area contributed by atoms with Gasteiger partial charge in [-0.1, -0.05) is 18.5 Å². The van der Waals surface area contributed by atoms with Crippen LogP contribution in [0.1, 0.15) is 29.0 Å². The van der Waals surface area contributed by atoms with Crippen molar-refractivity contribution in [2.75, 3.05) is 13.7 Å². The van der Waals surface area contributed by atoms with Gasteiger partial charge < -0.3 is 10.1 Å². The van der Waals surface area contributed by atoms with Crippen LogP contribution in [0.25, 0.3) is 0 Å². The van der Waals surface area contributed by atoms with Crippen LogP contribution in [-0.4, -0.2) is 13.7 Å². The van der Waals surface area contributed by atoms with Crippen LogP contribution in [0.4, 0.5) is 0 Å². The van der Waals surface area contributed by atoms with Crippen LogP contribution in [0.15, 0.2) is 29.6 Å². The van der Waals surface area contributed by atoms with E-state index in [0.29, 0.717) is 0 Å². The highest BCUT2D eigenvalue weighted by atomic mass is 35.5. The highest BCUT2D eigenvalue weighted by Gasteiger charge is 2.20. The minimum atomic E-state index is 0.124. The number of halogens is 1. The molecule has 102 valence electrons. The summed E-state index contributed by atoms with van der Waals surface area (Å²) < 4.78 is 5.47. The molecule has 19 heavy (non-hydrogen) atoms. The van der Waals surface area contributed by atoms with Crippen LogP contribution in [0.2, 0.25) is 5.02 Å². The van der Waals surface area contributed by atoms with Crippen molar-refractivity contribution in [3.8, 4) is 5.75 Å². The van der Waals surface area contributed by atoms with Crippen molar-refractivity contribution in [1.82, 2.24) is 5.32 Å². The van der Waals surface area contributed by atoms with E-state index in [1.165, 1.54) is 10.4 Å². The highest BCUT2D eigenvalue weighted by molar-refractivity contribution is 7.10. The van der Waals surface area contributed by atoms with Gasteiger partial charge in [0.2, 0.25) is 0 Å². The van der Waals surface area contributed by atoms with E-state index in [0.717, 1.165) is 22.9 Å². The fourth-order valence-corrected chi connectivity index (χ4v) is 3.36. The molecule has 0 aliphatic rings. The Kier molecular flexibility index (Phi) is 4.86. The first kappa shape index (κ1) is 14.4. The molecule has 1 heterocycles. The van der Waals surface area contributed by atoms with Crippen molar-refractivity contribution in [1.29, 1.82) is 0 Å². The minimum absolute atomic E-state index is 0.124. The molecule has 1 atom stereocenters. The number of rotatable bonds is 5. The SMILES string of the molecule is CCNC(c1cc(Cl)ccc1OC)c1sccc1C. The largest absolute Gasteiger partial charge is 0.496 e. The van der Waals surface area contributed by atoms with Gasteiger partial charge in [-0.25, -0.2) is 0 Å². The minimum Gasteiger partial charge on any atom is -0.496 e.